The molecule has 0 unspecified atom stereocenters. The van der Waals surface area contributed by atoms with Crippen LogP contribution in [-0.2, 0) is 0 Å². The van der Waals surface area contributed by atoms with Crippen molar-refractivity contribution >= 4 is 18.3 Å². The Hall–Kier alpha value is -1.40. The van der Waals surface area contributed by atoms with Gasteiger partial charge in [-0.25, -0.2) is 0 Å². The number of alkyl halides is 2. The summed E-state index contributed by atoms with van der Waals surface area (Å²) in [5.74, 6) is -0.188. The second-order valence-electron chi connectivity index (χ2n) is 4.47. The highest BCUT2D eigenvalue weighted by molar-refractivity contribution is 5.94. The number of nitrogens with zero attached hydrogens (tertiary/aromatic N) is 1. The van der Waals surface area contributed by atoms with Crippen LogP contribution in [0.25, 0.3) is 0 Å². The molecule has 0 spiro atoms. The lowest BCUT2D eigenvalue weighted by atomic mass is 10.1. The predicted octanol–water partition coefficient (Wildman–Crippen LogP) is 2.14. The van der Waals surface area contributed by atoms with Crippen molar-refractivity contribution in [2.24, 2.45) is 0 Å². The first-order valence-corrected chi connectivity index (χ1v) is 6.10. The molecule has 1 aromatic carbocycles. The van der Waals surface area contributed by atoms with Crippen LogP contribution in [0.2, 0.25) is 0 Å². The van der Waals surface area contributed by atoms with Crippen LogP contribution < -0.4 is 10.1 Å². The van der Waals surface area contributed by atoms with Crippen molar-refractivity contribution in [2.45, 2.75) is 19.1 Å². The molecule has 0 radical (unpaired) electrons. The molecule has 0 aromatic heterocycles. The van der Waals surface area contributed by atoms with Gasteiger partial charge in [0.25, 0.3) is 5.91 Å². The molecule has 1 aliphatic rings. The van der Waals surface area contributed by atoms with Gasteiger partial charge in [-0.15, -0.1) is 12.4 Å². The molecule has 1 fully saturated rings. The SMILES string of the molecule is CN(C(=O)c1cccc(OC(F)F)c1)[C@H]1CCNC1.Cl. The number of hydrogen-bond acceptors (Lipinski definition) is 3. The van der Waals surface area contributed by atoms with Crippen molar-refractivity contribution in [3.63, 3.8) is 0 Å². The number of amides is 1. The van der Waals surface area contributed by atoms with Gasteiger partial charge in [-0.05, 0) is 31.2 Å². The molecule has 0 aliphatic carbocycles. The van der Waals surface area contributed by atoms with E-state index in [-0.39, 0.29) is 30.1 Å². The van der Waals surface area contributed by atoms with Crippen LogP contribution in [0.3, 0.4) is 0 Å². The largest absolute Gasteiger partial charge is 0.435 e. The lowest BCUT2D eigenvalue weighted by Gasteiger charge is -2.24. The van der Waals surface area contributed by atoms with Gasteiger partial charge in [0.15, 0.2) is 0 Å². The lowest BCUT2D eigenvalue weighted by molar-refractivity contribution is -0.0499. The maximum absolute atomic E-state index is 12.2. The van der Waals surface area contributed by atoms with E-state index in [4.69, 9.17) is 0 Å². The zero-order chi connectivity index (χ0) is 13.8. The van der Waals surface area contributed by atoms with Crippen LogP contribution in [-0.4, -0.2) is 43.6 Å². The fourth-order valence-corrected chi connectivity index (χ4v) is 2.14. The van der Waals surface area contributed by atoms with Gasteiger partial charge < -0.3 is 15.0 Å². The topological polar surface area (TPSA) is 41.6 Å². The molecule has 1 atom stereocenters. The number of nitrogens with one attached hydrogen (secondary N) is 1. The molecule has 0 bridgehead atoms. The van der Waals surface area contributed by atoms with Gasteiger partial charge in [-0.2, -0.15) is 8.78 Å². The third-order valence-electron chi connectivity index (χ3n) is 3.21. The predicted molar refractivity (Wildman–Crippen MR) is 73.7 cm³/mol. The molecule has 1 aromatic rings. The fourth-order valence-electron chi connectivity index (χ4n) is 2.14. The Bertz CT molecular complexity index is 454. The molecular formula is C13H17ClF2N2O2. The Labute approximate surface area is 122 Å². The van der Waals surface area contributed by atoms with Gasteiger partial charge in [0.2, 0.25) is 0 Å². The molecule has 1 N–H and O–H groups in total. The molecule has 1 aliphatic heterocycles. The molecule has 1 saturated heterocycles. The molecule has 4 nitrogen and oxygen atoms in total. The van der Waals surface area contributed by atoms with Gasteiger partial charge >= 0.3 is 6.61 Å². The second-order valence-corrected chi connectivity index (χ2v) is 4.47. The van der Waals surface area contributed by atoms with Gasteiger partial charge in [-0.1, -0.05) is 6.07 Å². The summed E-state index contributed by atoms with van der Waals surface area (Å²) in [6.45, 7) is -1.24. The van der Waals surface area contributed by atoms with E-state index in [1.165, 1.54) is 18.2 Å². The molecule has 112 valence electrons. The average Bonchev–Trinajstić information content (AvgIpc) is 2.90. The van der Waals surface area contributed by atoms with E-state index >= 15 is 0 Å². The Morgan fingerprint density at radius 1 is 1.50 bits per heavy atom. The summed E-state index contributed by atoms with van der Waals surface area (Å²) >= 11 is 0. The highest BCUT2D eigenvalue weighted by atomic mass is 35.5. The van der Waals surface area contributed by atoms with Crippen molar-refractivity contribution in [3.8, 4) is 5.75 Å². The van der Waals surface area contributed by atoms with E-state index in [0.29, 0.717) is 5.56 Å². The Morgan fingerprint density at radius 2 is 2.25 bits per heavy atom. The summed E-state index contributed by atoms with van der Waals surface area (Å²) in [5.41, 5.74) is 0.354. The number of rotatable bonds is 4. The van der Waals surface area contributed by atoms with Crippen LogP contribution in [0.4, 0.5) is 8.78 Å². The molecule has 1 heterocycles. The minimum atomic E-state index is -2.89. The van der Waals surface area contributed by atoms with E-state index in [9.17, 15) is 13.6 Å². The van der Waals surface area contributed by atoms with E-state index < -0.39 is 6.61 Å². The molecule has 0 saturated carbocycles. The van der Waals surface area contributed by atoms with Crippen molar-refractivity contribution < 1.29 is 18.3 Å². The number of likely N-dealkylation sites (N-methyl/N-ethyl adjacent to an activating group) is 1. The maximum Gasteiger partial charge on any atom is 0.387 e. The van der Waals surface area contributed by atoms with Crippen LogP contribution >= 0.6 is 12.4 Å². The highest BCUT2D eigenvalue weighted by Gasteiger charge is 2.24. The average molecular weight is 307 g/mol. The van der Waals surface area contributed by atoms with Crippen molar-refractivity contribution in [2.75, 3.05) is 20.1 Å². The summed E-state index contributed by atoms with van der Waals surface area (Å²) in [4.78, 5) is 13.9. The number of benzene rings is 1. The summed E-state index contributed by atoms with van der Waals surface area (Å²) in [5, 5.41) is 3.18. The first kappa shape index (κ1) is 16.7. The Morgan fingerprint density at radius 3 is 2.85 bits per heavy atom. The molecule has 20 heavy (non-hydrogen) atoms. The van der Waals surface area contributed by atoms with E-state index in [1.54, 1.807) is 18.0 Å². The minimum Gasteiger partial charge on any atom is -0.435 e. The maximum atomic E-state index is 12.2. The third kappa shape index (κ3) is 4.05. The monoisotopic (exact) mass is 306 g/mol. The van der Waals surface area contributed by atoms with Gasteiger partial charge in [0.05, 0.1) is 0 Å². The smallest absolute Gasteiger partial charge is 0.387 e. The highest BCUT2D eigenvalue weighted by Crippen LogP contribution is 2.18. The zero-order valence-electron chi connectivity index (χ0n) is 11.0. The first-order valence-electron chi connectivity index (χ1n) is 6.10. The number of hydrogen-bond donors (Lipinski definition) is 1. The molecular weight excluding hydrogens is 290 g/mol. The zero-order valence-corrected chi connectivity index (χ0v) is 11.8. The third-order valence-corrected chi connectivity index (χ3v) is 3.21. The van der Waals surface area contributed by atoms with Crippen LogP contribution in [0.1, 0.15) is 16.8 Å². The van der Waals surface area contributed by atoms with Crippen LogP contribution in [0.5, 0.6) is 5.75 Å². The lowest BCUT2D eigenvalue weighted by Crippen LogP contribution is -2.38. The normalized spacial score (nSPS) is 17.7. The summed E-state index contributed by atoms with van der Waals surface area (Å²) in [7, 11) is 1.72. The van der Waals surface area contributed by atoms with E-state index in [1.807, 2.05) is 0 Å². The number of ether oxygens (including phenoxy) is 1. The molecule has 1 amide bonds. The summed E-state index contributed by atoms with van der Waals surface area (Å²) in [6, 6.07) is 6.02. The Balaban J connectivity index is 0.00000200. The van der Waals surface area contributed by atoms with E-state index in [0.717, 1.165) is 19.5 Å². The van der Waals surface area contributed by atoms with Crippen molar-refractivity contribution in [1.29, 1.82) is 0 Å². The first-order chi connectivity index (χ1) is 9.08. The quantitative estimate of drug-likeness (QED) is 0.927. The van der Waals surface area contributed by atoms with Gasteiger partial charge in [0, 0.05) is 25.2 Å². The second kappa shape index (κ2) is 7.40. The summed E-state index contributed by atoms with van der Waals surface area (Å²) < 4.78 is 28.6. The molecule has 2 rings (SSSR count). The van der Waals surface area contributed by atoms with Crippen molar-refractivity contribution in [1.82, 2.24) is 10.2 Å². The number of halogens is 3. The summed E-state index contributed by atoms with van der Waals surface area (Å²) in [6.07, 6.45) is 0.898. The minimum absolute atomic E-state index is 0. The standard InChI is InChI=1S/C13H16F2N2O2.ClH/c1-17(10-5-6-16-8-10)12(18)9-3-2-4-11(7-9)19-13(14)15;/h2-4,7,10,13,16H,5-6,8H2,1H3;1H/t10-;/m0./s1. The van der Waals surface area contributed by atoms with Crippen molar-refractivity contribution in [3.05, 3.63) is 29.8 Å². The van der Waals surface area contributed by atoms with Gasteiger partial charge in [0.1, 0.15) is 5.75 Å². The Kier molecular flexibility index (Phi) is 6.16. The number of carbonyl (C=O) groups excluding carboxylic acids is 1. The molecule has 7 heteroatoms. The van der Waals surface area contributed by atoms with E-state index in [2.05, 4.69) is 10.1 Å². The van der Waals surface area contributed by atoms with Crippen LogP contribution in [0, 0.1) is 0 Å². The fraction of sp³-hybridized carbons (Fsp3) is 0.462. The van der Waals surface area contributed by atoms with Crippen LogP contribution in [0.15, 0.2) is 24.3 Å². The van der Waals surface area contributed by atoms with Gasteiger partial charge in [-0.3, -0.25) is 4.79 Å². The number of carbonyl (C=O) groups is 1.